The van der Waals surface area contributed by atoms with Crippen LogP contribution in [-0.2, 0) is 11.2 Å². The first-order chi connectivity index (χ1) is 6.63. The lowest BCUT2D eigenvalue weighted by Gasteiger charge is -2.09. The second-order valence-corrected chi connectivity index (χ2v) is 3.39. The van der Waals surface area contributed by atoms with Gasteiger partial charge >= 0.3 is 5.97 Å². The summed E-state index contributed by atoms with van der Waals surface area (Å²) in [6.07, 6.45) is 1.20. The molecule has 0 aliphatic carbocycles. The van der Waals surface area contributed by atoms with E-state index in [0.29, 0.717) is 18.5 Å². The summed E-state index contributed by atoms with van der Waals surface area (Å²) in [6.45, 7) is 1.88. The first-order valence-electron chi connectivity index (χ1n) is 4.70. The maximum Gasteiger partial charge on any atom is 0.306 e. The summed E-state index contributed by atoms with van der Waals surface area (Å²) in [6, 6.07) is 7.37. The lowest BCUT2D eigenvalue weighted by Crippen LogP contribution is -2.15. The number of anilines is 1. The van der Waals surface area contributed by atoms with E-state index in [4.69, 9.17) is 10.8 Å². The Morgan fingerprint density at radius 2 is 2.29 bits per heavy atom. The van der Waals surface area contributed by atoms with Crippen LogP contribution in [0.25, 0.3) is 0 Å². The standard InChI is InChI=1S/C11H15NO2/c1-2-9(11(13)14)6-8-4-3-5-10(12)7-8/h3-5,7,9H,2,6,12H2,1H3,(H,13,14)/t9-/m0/s1. The molecule has 0 saturated heterocycles. The van der Waals surface area contributed by atoms with Crippen LogP contribution in [0, 0.1) is 5.92 Å². The van der Waals surface area contributed by atoms with Crippen molar-refractivity contribution in [1.29, 1.82) is 0 Å². The average Bonchev–Trinajstić information content (AvgIpc) is 2.14. The Hall–Kier alpha value is -1.51. The van der Waals surface area contributed by atoms with Crippen LogP contribution >= 0.6 is 0 Å². The highest BCUT2D eigenvalue weighted by molar-refractivity contribution is 5.70. The molecule has 0 aromatic heterocycles. The molecule has 0 amide bonds. The number of carboxylic acids is 1. The number of benzene rings is 1. The van der Waals surface area contributed by atoms with Crippen molar-refractivity contribution in [3.05, 3.63) is 29.8 Å². The zero-order valence-corrected chi connectivity index (χ0v) is 8.23. The second kappa shape index (κ2) is 4.65. The van der Waals surface area contributed by atoms with Crippen LogP contribution in [-0.4, -0.2) is 11.1 Å². The fourth-order valence-electron chi connectivity index (χ4n) is 1.41. The molecule has 3 nitrogen and oxygen atoms in total. The van der Waals surface area contributed by atoms with E-state index < -0.39 is 5.97 Å². The monoisotopic (exact) mass is 193 g/mol. The Bertz CT molecular complexity index is 323. The molecule has 1 atom stereocenters. The molecule has 3 heteroatoms. The van der Waals surface area contributed by atoms with Gasteiger partial charge < -0.3 is 10.8 Å². The normalized spacial score (nSPS) is 12.4. The summed E-state index contributed by atoms with van der Waals surface area (Å²) >= 11 is 0. The van der Waals surface area contributed by atoms with Crippen LogP contribution < -0.4 is 5.73 Å². The number of nitrogen functional groups attached to an aromatic ring is 1. The van der Waals surface area contributed by atoms with Crippen LogP contribution in [0.15, 0.2) is 24.3 Å². The van der Waals surface area contributed by atoms with E-state index in [2.05, 4.69) is 0 Å². The molecule has 1 aromatic rings. The van der Waals surface area contributed by atoms with Crippen LogP contribution in [0.4, 0.5) is 5.69 Å². The topological polar surface area (TPSA) is 63.3 Å². The highest BCUT2D eigenvalue weighted by Gasteiger charge is 2.15. The largest absolute Gasteiger partial charge is 0.481 e. The molecule has 0 heterocycles. The number of aliphatic carboxylic acids is 1. The highest BCUT2D eigenvalue weighted by atomic mass is 16.4. The number of hydrogen-bond donors (Lipinski definition) is 2. The van der Waals surface area contributed by atoms with Gasteiger partial charge in [-0.3, -0.25) is 4.79 Å². The molecule has 1 aromatic carbocycles. The fraction of sp³-hybridized carbons (Fsp3) is 0.364. The lowest BCUT2D eigenvalue weighted by molar-refractivity contribution is -0.141. The van der Waals surface area contributed by atoms with Crippen molar-refractivity contribution in [1.82, 2.24) is 0 Å². The maximum atomic E-state index is 10.8. The minimum absolute atomic E-state index is 0.309. The third-order valence-corrected chi connectivity index (χ3v) is 2.28. The second-order valence-electron chi connectivity index (χ2n) is 3.39. The van der Waals surface area contributed by atoms with E-state index in [1.807, 2.05) is 25.1 Å². The van der Waals surface area contributed by atoms with Gasteiger partial charge in [0, 0.05) is 5.69 Å². The molecule has 76 valence electrons. The molecule has 3 N–H and O–H groups in total. The van der Waals surface area contributed by atoms with E-state index in [9.17, 15) is 4.79 Å². The maximum absolute atomic E-state index is 10.8. The van der Waals surface area contributed by atoms with Crippen molar-refractivity contribution < 1.29 is 9.90 Å². The Kier molecular flexibility index (Phi) is 3.51. The van der Waals surface area contributed by atoms with Crippen molar-refractivity contribution in [3.63, 3.8) is 0 Å². The van der Waals surface area contributed by atoms with E-state index in [1.165, 1.54) is 0 Å². The smallest absolute Gasteiger partial charge is 0.306 e. The Balaban J connectivity index is 2.72. The molecule has 0 radical (unpaired) electrons. The molecule has 0 aliphatic rings. The van der Waals surface area contributed by atoms with Gasteiger partial charge in [-0.2, -0.15) is 0 Å². The van der Waals surface area contributed by atoms with Crippen LogP contribution in [0.1, 0.15) is 18.9 Å². The van der Waals surface area contributed by atoms with E-state index in [0.717, 1.165) is 5.56 Å². The van der Waals surface area contributed by atoms with Gasteiger partial charge in [-0.05, 0) is 30.5 Å². The molecular formula is C11H15NO2. The molecular weight excluding hydrogens is 178 g/mol. The molecule has 0 saturated carbocycles. The van der Waals surface area contributed by atoms with Gasteiger partial charge in [0.25, 0.3) is 0 Å². The van der Waals surface area contributed by atoms with Gasteiger partial charge in [-0.25, -0.2) is 0 Å². The van der Waals surface area contributed by atoms with Crippen LogP contribution in [0.2, 0.25) is 0 Å². The van der Waals surface area contributed by atoms with Gasteiger partial charge in [0.05, 0.1) is 5.92 Å². The predicted molar refractivity (Wildman–Crippen MR) is 56.0 cm³/mol. The first kappa shape index (κ1) is 10.6. The number of rotatable bonds is 4. The molecule has 0 aliphatic heterocycles. The van der Waals surface area contributed by atoms with Gasteiger partial charge in [0.15, 0.2) is 0 Å². The van der Waals surface area contributed by atoms with Crippen LogP contribution in [0.3, 0.4) is 0 Å². The van der Waals surface area contributed by atoms with E-state index in [-0.39, 0.29) is 5.92 Å². The summed E-state index contributed by atoms with van der Waals surface area (Å²) in [7, 11) is 0. The predicted octanol–water partition coefficient (Wildman–Crippen LogP) is 1.92. The van der Waals surface area contributed by atoms with Crippen molar-refractivity contribution in [2.24, 2.45) is 5.92 Å². The molecule has 14 heavy (non-hydrogen) atoms. The molecule has 0 unspecified atom stereocenters. The van der Waals surface area contributed by atoms with Gasteiger partial charge in [0.1, 0.15) is 0 Å². The van der Waals surface area contributed by atoms with Gasteiger partial charge in [-0.15, -0.1) is 0 Å². The summed E-state index contributed by atoms with van der Waals surface area (Å²) in [5, 5.41) is 8.87. The summed E-state index contributed by atoms with van der Waals surface area (Å²) < 4.78 is 0. The van der Waals surface area contributed by atoms with Crippen molar-refractivity contribution in [2.45, 2.75) is 19.8 Å². The third kappa shape index (κ3) is 2.76. The Morgan fingerprint density at radius 3 is 2.79 bits per heavy atom. The highest BCUT2D eigenvalue weighted by Crippen LogP contribution is 2.14. The molecule has 0 spiro atoms. The first-order valence-corrected chi connectivity index (χ1v) is 4.70. The fourth-order valence-corrected chi connectivity index (χ4v) is 1.41. The third-order valence-electron chi connectivity index (χ3n) is 2.28. The van der Waals surface area contributed by atoms with E-state index in [1.54, 1.807) is 6.07 Å². The summed E-state index contributed by atoms with van der Waals surface area (Å²) in [4.78, 5) is 10.8. The van der Waals surface area contributed by atoms with Crippen molar-refractivity contribution >= 4 is 11.7 Å². The average molecular weight is 193 g/mol. The number of nitrogens with two attached hydrogens (primary N) is 1. The molecule has 0 bridgehead atoms. The Morgan fingerprint density at radius 1 is 1.57 bits per heavy atom. The summed E-state index contributed by atoms with van der Waals surface area (Å²) in [5.74, 6) is -1.05. The van der Waals surface area contributed by atoms with E-state index >= 15 is 0 Å². The SMILES string of the molecule is CC[C@@H](Cc1cccc(N)c1)C(=O)O. The minimum Gasteiger partial charge on any atom is -0.481 e. The minimum atomic E-state index is -0.741. The quantitative estimate of drug-likeness (QED) is 0.718. The lowest BCUT2D eigenvalue weighted by atomic mass is 9.97. The van der Waals surface area contributed by atoms with Crippen LogP contribution in [0.5, 0.6) is 0 Å². The zero-order chi connectivity index (χ0) is 10.6. The van der Waals surface area contributed by atoms with Gasteiger partial charge in [-0.1, -0.05) is 19.1 Å². The number of carboxylic acid groups (broad SMARTS) is 1. The number of carbonyl (C=O) groups is 1. The zero-order valence-electron chi connectivity index (χ0n) is 8.23. The van der Waals surface area contributed by atoms with Crippen molar-refractivity contribution in [2.75, 3.05) is 5.73 Å². The Labute approximate surface area is 83.6 Å². The van der Waals surface area contributed by atoms with Crippen molar-refractivity contribution in [3.8, 4) is 0 Å². The molecule has 0 fully saturated rings. The summed E-state index contributed by atoms with van der Waals surface area (Å²) in [5.41, 5.74) is 7.27. The molecule has 1 rings (SSSR count). The van der Waals surface area contributed by atoms with Gasteiger partial charge in [0.2, 0.25) is 0 Å². The number of hydrogen-bond acceptors (Lipinski definition) is 2.